The number of amides is 1. The van der Waals surface area contributed by atoms with E-state index in [0.717, 1.165) is 73.6 Å². The van der Waals surface area contributed by atoms with Gasteiger partial charge >= 0.3 is 5.97 Å². The van der Waals surface area contributed by atoms with Gasteiger partial charge in [0.15, 0.2) is 0 Å². The molecule has 2 aromatic rings. The Hall–Kier alpha value is -2.99. The molecule has 2 aliphatic rings. The minimum absolute atomic E-state index is 0.111. The molecular formula is C30H37ClN2O4. The Morgan fingerprint density at radius 1 is 1.03 bits per heavy atom. The van der Waals surface area contributed by atoms with E-state index < -0.39 is 11.4 Å². The lowest BCUT2D eigenvalue weighted by Gasteiger charge is -2.31. The highest BCUT2D eigenvalue weighted by molar-refractivity contribution is 6.30. The van der Waals surface area contributed by atoms with Crippen LogP contribution in [0, 0.1) is 0 Å². The lowest BCUT2D eigenvalue weighted by molar-refractivity contribution is -0.147. The Kier molecular flexibility index (Phi) is 8.80. The summed E-state index contributed by atoms with van der Waals surface area (Å²) in [5.74, 6) is -0.472. The minimum atomic E-state index is -1.36. The van der Waals surface area contributed by atoms with Crippen molar-refractivity contribution in [2.24, 2.45) is 0 Å². The van der Waals surface area contributed by atoms with Gasteiger partial charge in [0.25, 0.3) is 0 Å². The Bertz CT molecular complexity index is 1160. The fraction of sp³-hybridized carbons (Fsp3) is 0.467. The van der Waals surface area contributed by atoms with Crippen LogP contribution in [0.15, 0.2) is 48.6 Å². The molecule has 7 heteroatoms. The number of carbonyl (C=O) groups is 2. The lowest BCUT2D eigenvalue weighted by Crippen LogP contribution is -2.40. The molecule has 0 spiro atoms. The lowest BCUT2D eigenvalue weighted by atomic mass is 9.78. The van der Waals surface area contributed by atoms with Crippen LogP contribution in [0.4, 0.5) is 5.69 Å². The summed E-state index contributed by atoms with van der Waals surface area (Å²) in [6, 6.07) is 11.6. The average molecular weight is 525 g/mol. The van der Waals surface area contributed by atoms with E-state index in [9.17, 15) is 14.7 Å². The van der Waals surface area contributed by atoms with Crippen molar-refractivity contribution in [3.05, 3.63) is 70.3 Å². The molecular weight excluding hydrogens is 488 g/mol. The van der Waals surface area contributed by atoms with Crippen LogP contribution in [-0.4, -0.2) is 48.6 Å². The molecule has 37 heavy (non-hydrogen) atoms. The number of allylic oxidation sites excluding steroid dienone is 1. The molecule has 198 valence electrons. The number of anilines is 1. The van der Waals surface area contributed by atoms with Crippen molar-refractivity contribution >= 4 is 29.2 Å². The second kappa shape index (κ2) is 12.0. The molecule has 0 fully saturated rings. The fourth-order valence-corrected chi connectivity index (χ4v) is 5.27. The maximum absolute atomic E-state index is 13.0. The van der Waals surface area contributed by atoms with Crippen LogP contribution in [0.1, 0.15) is 62.1 Å². The Labute approximate surface area is 224 Å². The predicted molar refractivity (Wildman–Crippen MR) is 148 cm³/mol. The first kappa shape index (κ1) is 27.1. The van der Waals surface area contributed by atoms with Gasteiger partial charge in [-0.2, -0.15) is 0 Å². The van der Waals surface area contributed by atoms with Crippen LogP contribution in [-0.2, 0) is 28.0 Å². The first-order chi connectivity index (χ1) is 17.8. The molecule has 0 radical (unpaired) electrons. The van der Waals surface area contributed by atoms with Gasteiger partial charge in [-0.05, 0) is 86.4 Å². The van der Waals surface area contributed by atoms with Gasteiger partial charge < -0.3 is 19.6 Å². The summed E-state index contributed by atoms with van der Waals surface area (Å²) in [4.78, 5) is 29.5. The van der Waals surface area contributed by atoms with E-state index in [-0.39, 0.29) is 12.3 Å². The maximum atomic E-state index is 13.0. The van der Waals surface area contributed by atoms with Gasteiger partial charge in [0.2, 0.25) is 5.91 Å². The molecule has 1 atom stereocenters. The number of carboxylic acid groups (broad SMARTS) is 1. The number of aliphatic carboxylic acids is 1. The number of aryl methyl sites for hydroxylation is 1. The third kappa shape index (κ3) is 6.48. The van der Waals surface area contributed by atoms with Crippen molar-refractivity contribution in [2.75, 3.05) is 31.6 Å². The summed E-state index contributed by atoms with van der Waals surface area (Å²) in [5, 5.41) is 11.0. The second-order valence-electron chi connectivity index (χ2n) is 10.4. The Morgan fingerprint density at radius 2 is 1.81 bits per heavy atom. The van der Waals surface area contributed by atoms with Crippen LogP contribution in [0.5, 0.6) is 5.75 Å². The molecule has 6 nitrogen and oxygen atoms in total. The number of carboxylic acids is 1. The number of fused-ring (bicyclic) bond motifs is 2. The summed E-state index contributed by atoms with van der Waals surface area (Å²) in [6.07, 6.45) is 9.95. The third-order valence-electron chi connectivity index (χ3n) is 7.61. The topological polar surface area (TPSA) is 70.1 Å². The quantitative estimate of drug-likeness (QED) is 0.464. The van der Waals surface area contributed by atoms with Crippen molar-refractivity contribution < 1.29 is 19.4 Å². The van der Waals surface area contributed by atoms with Crippen molar-refractivity contribution in [3.8, 4) is 5.75 Å². The zero-order valence-electron chi connectivity index (χ0n) is 21.8. The fourth-order valence-electron chi connectivity index (χ4n) is 5.08. The molecule has 1 amide bonds. The normalized spacial score (nSPS) is 22.5. The summed E-state index contributed by atoms with van der Waals surface area (Å²) >= 11 is 6.28. The minimum Gasteiger partial charge on any atom is -0.487 e. The molecule has 0 aliphatic carbocycles. The van der Waals surface area contributed by atoms with E-state index >= 15 is 0 Å². The molecule has 4 rings (SSSR count). The number of benzene rings is 2. The largest absolute Gasteiger partial charge is 0.487 e. The van der Waals surface area contributed by atoms with Gasteiger partial charge in [0, 0.05) is 38.1 Å². The van der Waals surface area contributed by atoms with E-state index in [1.165, 1.54) is 5.56 Å². The van der Waals surface area contributed by atoms with Gasteiger partial charge in [-0.15, -0.1) is 0 Å². The van der Waals surface area contributed by atoms with Gasteiger partial charge in [0.05, 0.1) is 11.1 Å². The third-order valence-corrected chi connectivity index (χ3v) is 7.84. The summed E-state index contributed by atoms with van der Waals surface area (Å²) in [7, 11) is 1.73. The number of carbonyl (C=O) groups excluding carboxylic acids is 1. The van der Waals surface area contributed by atoms with Crippen LogP contribution in [0.3, 0.4) is 0 Å². The Morgan fingerprint density at radius 3 is 2.59 bits per heavy atom. The van der Waals surface area contributed by atoms with E-state index in [1.807, 2.05) is 36.4 Å². The number of ether oxygens (including phenoxy) is 1. The van der Waals surface area contributed by atoms with E-state index in [4.69, 9.17) is 16.3 Å². The number of rotatable bonds is 1. The average Bonchev–Trinajstić information content (AvgIpc) is 2.90. The first-order valence-electron chi connectivity index (χ1n) is 13.2. The molecule has 2 aromatic carbocycles. The van der Waals surface area contributed by atoms with Gasteiger partial charge in [-0.1, -0.05) is 35.9 Å². The van der Waals surface area contributed by atoms with E-state index in [2.05, 4.69) is 11.0 Å². The highest BCUT2D eigenvalue weighted by Crippen LogP contribution is 2.38. The zero-order chi connectivity index (χ0) is 26.4. The number of likely N-dealkylation sites (N-methyl/N-ethyl adjacent to an activating group) is 1. The molecule has 1 N–H and O–H groups in total. The predicted octanol–water partition coefficient (Wildman–Crippen LogP) is 5.99. The SMILES string of the molecule is CN1C/C=C/CCCCN2CCCCc3cc(Cl)ccc3COc3ccc(cc32)[C@@](C)(C(=O)O)CC1=O. The molecule has 0 saturated heterocycles. The Balaban J connectivity index is 1.77. The maximum Gasteiger partial charge on any atom is 0.314 e. The van der Waals surface area contributed by atoms with Gasteiger partial charge in [-0.3, -0.25) is 9.59 Å². The standard InChI is InChI=1S/C30H37ClN2O4/c1-30(29(35)36)20-28(34)32(2)15-7-4-3-5-8-16-33-17-9-6-10-22-18-25(31)13-11-23(22)21-37-27-14-12-24(30)19-26(27)33/h4,7,11-14,18-19H,3,5-6,8-10,15-17,20-21H2,1-2H3,(H,35,36)/b7-4+/t30-/m0/s1. The van der Waals surface area contributed by atoms with Crippen molar-refractivity contribution in [1.29, 1.82) is 0 Å². The number of hydrogen-bond donors (Lipinski definition) is 1. The van der Waals surface area contributed by atoms with E-state index in [1.54, 1.807) is 24.9 Å². The van der Waals surface area contributed by atoms with Crippen molar-refractivity contribution in [3.63, 3.8) is 0 Å². The van der Waals surface area contributed by atoms with Crippen LogP contribution in [0.25, 0.3) is 0 Å². The van der Waals surface area contributed by atoms with Crippen LogP contribution < -0.4 is 9.64 Å². The second-order valence-corrected chi connectivity index (χ2v) is 10.8. The number of nitrogens with zero attached hydrogens (tertiary/aromatic N) is 2. The number of hydrogen-bond acceptors (Lipinski definition) is 4. The molecule has 0 aromatic heterocycles. The first-order valence-corrected chi connectivity index (χ1v) is 13.6. The molecule has 2 aliphatic heterocycles. The highest BCUT2D eigenvalue weighted by Gasteiger charge is 2.39. The highest BCUT2D eigenvalue weighted by atomic mass is 35.5. The molecule has 2 bridgehead atoms. The van der Waals surface area contributed by atoms with Gasteiger partial charge in [-0.25, -0.2) is 0 Å². The number of halogens is 1. The monoisotopic (exact) mass is 524 g/mol. The van der Waals surface area contributed by atoms with Crippen LogP contribution >= 0.6 is 11.6 Å². The van der Waals surface area contributed by atoms with Gasteiger partial charge in [0.1, 0.15) is 12.4 Å². The van der Waals surface area contributed by atoms with Crippen molar-refractivity contribution in [1.82, 2.24) is 4.90 Å². The summed E-state index contributed by atoms with van der Waals surface area (Å²) in [6.45, 7) is 4.24. The molecule has 0 saturated carbocycles. The van der Waals surface area contributed by atoms with Crippen molar-refractivity contribution in [2.45, 2.75) is 63.9 Å². The van der Waals surface area contributed by atoms with E-state index in [0.29, 0.717) is 18.7 Å². The zero-order valence-corrected chi connectivity index (χ0v) is 22.6. The molecule has 2 heterocycles. The van der Waals surface area contributed by atoms with Crippen LogP contribution in [0.2, 0.25) is 5.02 Å². The summed E-state index contributed by atoms with van der Waals surface area (Å²) < 4.78 is 6.38. The smallest absolute Gasteiger partial charge is 0.314 e. The summed E-state index contributed by atoms with van der Waals surface area (Å²) in [5.41, 5.74) is 2.48. The molecule has 0 unspecified atom stereocenters.